The summed E-state index contributed by atoms with van der Waals surface area (Å²) in [5, 5.41) is 0. The van der Waals surface area contributed by atoms with Crippen molar-refractivity contribution in [3.63, 3.8) is 0 Å². The average molecular weight is 381 g/mol. The Kier molecular flexibility index (Phi) is 5.87. The summed E-state index contributed by atoms with van der Waals surface area (Å²) < 4.78 is 21.9. The van der Waals surface area contributed by atoms with Gasteiger partial charge in [-0.15, -0.1) is 0 Å². The molecule has 0 bridgehead atoms. The highest BCUT2D eigenvalue weighted by Gasteiger charge is 2.16. The van der Waals surface area contributed by atoms with Crippen LogP contribution in [0, 0.1) is 6.92 Å². The Labute approximate surface area is 143 Å². The van der Waals surface area contributed by atoms with Crippen molar-refractivity contribution < 1.29 is 23.7 Å². The molecule has 122 valence electrons. The minimum atomic E-state index is -0.555. The summed E-state index contributed by atoms with van der Waals surface area (Å²) in [4.78, 5) is 12.0. The zero-order valence-electron chi connectivity index (χ0n) is 13.1. The normalized spacial score (nSPS) is 10.1. The van der Waals surface area contributed by atoms with E-state index in [0.717, 1.165) is 10.0 Å². The summed E-state index contributed by atoms with van der Waals surface area (Å²) in [5.41, 5.74) is 1.09. The Morgan fingerprint density at radius 3 is 2.26 bits per heavy atom. The van der Waals surface area contributed by atoms with E-state index in [1.165, 1.54) is 14.2 Å². The molecule has 2 rings (SSSR count). The topological polar surface area (TPSA) is 54.0 Å². The van der Waals surface area contributed by atoms with E-state index in [0.29, 0.717) is 17.2 Å². The van der Waals surface area contributed by atoms with Gasteiger partial charge in [-0.1, -0.05) is 12.1 Å². The van der Waals surface area contributed by atoms with Crippen LogP contribution in [0.25, 0.3) is 0 Å². The number of halogens is 1. The molecule has 0 amide bonds. The number of hydrogen-bond acceptors (Lipinski definition) is 5. The van der Waals surface area contributed by atoms with Crippen LogP contribution in [0.15, 0.2) is 40.9 Å². The molecule has 5 nitrogen and oxygen atoms in total. The molecule has 0 aliphatic heterocycles. The van der Waals surface area contributed by atoms with E-state index in [1.807, 2.05) is 19.1 Å². The first-order valence-electron chi connectivity index (χ1n) is 6.85. The standard InChI is InChI=1S/C17H17BrO5/c1-11-7-8-13(12(18)9-11)22-10-16(19)23-17-14(20-2)5-4-6-15(17)21-3/h4-9H,10H2,1-3H3. The van der Waals surface area contributed by atoms with Crippen LogP contribution in [0.3, 0.4) is 0 Å². The van der Waals surface area contributed by atoms with Crippen molar-refractivity contribution in [1.29, 1.82) is 0 Å². The fraction of sp³-hybridized carbons (Fsp3) is 0.235. The highest BCUT2D eigenvalue weighted by Crippen LogP contribution is 2.36. The minimum Gasteiger partial charge on any atom is -0.493 e. The third kappa shape index (κ3) is 4.39. The molecule has 0 aromatic heterocycles. The molecule has 0 saturated heterocycles. The molecule has 0 atom stereocenters. The maximum Gasteiger partial charge on any atom is 0.349 e. The van der Waals surface area contributed by atoms with E-state index in [9.17, 15) is 4.79 Å². The molecule has 6 heteroatoms. The van der Waals surface area contributed by atoms with Gasteiger partial charge in [-0.25, -0.2) is 4.79 Å². The first kappa shape index (κ1) is 17.1. The summed E-state index contributed by atoms with van der Waals surface area (Å²) in [6, 6.07) is 10.7. The Balaban J connectivity index is 2.05. The lowest BCUT2D eigenvalue weighted by molar-refractivity contribution is -0.136. The highest BCUT2D eigenvalue weighted by molar-refractivity contribution is 9.10. The number of methoxy groups -OCH3 is 2. The molecule has 2 aromatic carbocycles. The summed E-state index contributed by atoms with van der Waals surface area (Å²) in [6.45, 7) is 1.74. The molecule has 0 heterocycles. The molecule has 0 radical (unpaired) electrons. The monoisotopic (exact) mass is 380 g/mol. The maximum absolute atomic E-state index is 12.0. The molecule has 0 aliphatic carbocycles. The number of carbonyl (C=O) groups excluding carboxylic acids is 1. The van der Waals surface area contributed by atoms with Crippen LogP contribution in [0.5, 0.6) is 23.0 Å². The molecule has 0 N–H and O–H groups in total. The van der Waals surface area contributed by atoms with Crippen molar-refractivity contribution in [2.24, 2.45) is 0 Å². The molecular formula is C17H17BrO5. The minimum absolute atomic E-state index is 0.231. The molecule has 0 fully saturated rings. The average Bonchev–Trinajstić information content (AvgIpc) is 2.54. The van der Waals surface area contributed by atoms with Crippen LogP contribution in [-0.2, 0) is 4.79 Å². The van der Waals surface area contributed by atoms with Gasteiger partial charge in [0.25, 0.3) is 0 Å². The van der Waals surface area contributed by atoms with Gasteiger partial charge in [0.15, 0.2) is 18.1 Å². The summed E-state index contributed by atoms with van der Waals surface area (Å²) in [6.07, 6.45) is 0. The number of carbonyl (C=O) groups is 1. The van der Waals surface area contributed by atoms with Gasteiger partial charge in [0.2, 0.25) is 5.75 Å². The SMILES string of the molecule is COc1cccc(OC)c1OC(=O)COc1ccc(C)cc1Br. The van der Waals surface area contributed by atoms with Crippen LogP contribution >= 0.6 is 15.9 Å². The van der Waals surface area contributed by atoms with E-state index in [1.54, 1.807) is 24.3 Å². The smallest absolute Gasteiger partial charge is 0.349 e. The number of benzene rings is 2. The molecule has 0 saturated carbocycles. The van der Waals surface area contributed by atoms with Gasteiger partial charge >= 0.3 is 5.97 Å². The van der Waals surface area contributed by atoms with Crippen molar-refractivity contribution in [1.82, 2.24) is 0 Å². The van der Waals surface area contributed by atoms with Crippen molar-refractivity contribution in [3.05, 3.63) is 46.4 Å². The summed E-state index contributed by atoms with van der Waals surface area (Å²) in [7, 11) is 2.98. The first-order chi connectivity index (χ1) is 11.0. The zero-order chi connectivity index (χ0) is 16.8. The van der Waals surface area contributed by atoms with E-state index >= 15 is 0 Å². The van der Waals surface area contributed by atoms with Crippen LogP contribution in [-0.4, -0.2) is 26.8 Å². The number of ether oxygens (including phenoxy) is 4. The van der Waals surface area contributed by atoms with Gasteiger partial charge in [0.05, 0.1) is 18.7 Å². The van der Waals surface area contributed by atoms with E-state index < -0.39 is 5.97 Å². The molecule has 2 aromatic rings. The van der Waals surface area contributed by atoms with Gasteiger partial charge in [0.1, 0.15) is 5.75 Å². The second-order valence-electron chi connectivity index (χ2n) is 4.69. The predicted molar refractivity (Wildman–Crippen MR) is 89.6 cm³/mol. The van der Waals surface area contributed by atoms with Crippen LogP contribution in [0.2, 0.25) is 0 Å². The first-order valence-corrected chi connectivity index (χ1v) is 7.65. The predicted octanol–water partition coefficient (Wildman–Crippen LogP) is 3.76. The lowest BCUT2D eigenvalue weighted by atomic mass is 10.2. The largest absolute Gasteiger partial charge is 0.493 e. The molecule has 0 spiro atoms. The van der Waals surface area contributed by atoms with Gasteiger partial charge < -0.3 is 18.9 Å². The molecule has 0 aliphatic rings. The Morgan fingerprint density at radius 1 is 1.04 bits per heavy atom. The Morgan fingerprint density at radius 2 is 1.70 bits per heavy atom. The Bertz CT molecular complexity index is 677. The molecule has 0 unspecified atom stereocenters. The zero-order valence-corrected chi connectivity index (χ0v) is 14.7. The number of rotatable bonds is 6. The Hall–Kier alpha value is -2.21. The molecular weight excluding hydrogens is 364 g/mol. The number of aryl methyl sites for hydroxylation is 1. The van der Waals surface area contributed by atoms with Crippen LogP contribution in [0.1, 0.15) is 5.56 Å². The van der Waals surface area contributed by atoms with Crippen molar-refractivity contribution in [2.45, 2.75) is 6.92 Å². The van der Waals surface area contributed by atoms with Gasteiger partial charge in [-0.2, -0.15) is 0 Å². The third-order valence-corrected chi connectivity index (χ3v) is 3.65. The van der Waals surface area contributed by atoms with Crippen LogP contribution < -0.4 is 18.9 Å². The maximum atomic E-state index is 12.0. The summed E-state index contributed by atoms with van der Waals surface area (Å²) >= 11 is 3.39. The third-order valence-electron chi connectivity index (χ3n) is 3.03. The molecule has 23 heavy (non-hydrogen) atoms. The fourth-order valence-corrected chi connectivity index (χ4v) is 2.53. The van der Waals surface area contributed by atoms with Crippen LogP contribution in [0.4, 0.5) is 0 Å². The van der Waals surface area contributed by atoms with Gasteiger partial charge in [-0.05, 0) is 52.7 Å². The van der Waals surface area contributed by atoms with Gasteiger partial charge in [-0.3, -0.25) is 0 Å². The fourth-order valence-electron chi connectivity index (χ4n) is 1.92. The van der Waals surface area contributed by atoms with Crippen molar-refractivity contribution in [2.75, 3.05) is 20.8 Å². The lowest BCUT2D eigenvalue weighted by Crippen LogP contribution is -2.18. The van der Waals surface area contributed by atoms with E-state index in [2.05, 4.69) is 15.9 Å². The highest BCUT2D eigenvalue weighted by atomic mass is 79.9. The number of para-hydroxylation sites is 1. The van der Waals surface area contributed by atoms with Crippen molar-refractivity contribution in [3.8, 4) is 23.0 Å². The second-order valence-corrected chi connectivity index (χ2v) is 5.54. The van der Waals surface area contributed by atoms with E-state index in [4.69, 9.17) is 18.9 Å². The van der Waals surface area contributed by atoms with E-state index in [-0.39, 0.29) is 12.4 Å². The summed E-state index contributed by atoms with van der Waals surface area (Å²) in [5.74, 6) is 1.07. The second kappa shape index (κ2) is 7.87. The number of hydrogen-bond donors (Lipinski definition) is 0. The number of esters is 1. The van der Waals surface area contributed by atoms with Gasteiger partial charge in [0, 0.05) is 0 Å². The quantitative estimate of drug-likeness (QED) is 0.564. The van der Waals surface area contributed by atoms with Crippen molar-refractivity contribution >= 4 is 21.9 Å². The lowest BCUT2D eigenvalue weighted by Gasteiger charge is -2.13.